The fourth-order valence-corrected chi connectivity index (χ4v) is 2.90. The molecule has 1 amide bonds. The summed E-state index contributed by atoms with van der Waals surface area (Å²) in [4.78, 5) is 14.4. The lowest BCUT2D eigenvalue weighted by Crippen LogP contribution is -2.26. The van der Waals surface area contributed by atoms with Crippen molar-refractivity contribution in [3.63, 3.8) is 0 Å². The molecule has 4 nitrogen and oxygen atoms in total. The van der Waals surface area contributed by atoms with Crippen LogP contribution in [0.2, 0.25) is 0 Å². The van der Waals surface area contributed by atoms with Crippen molar-refractivity contribution in [1.82, 2.24) is 14.7 Å². The summed E-state index contributed by atoms with van der Waals surface area (Å²) in [6.07, 6.45) is 3.69. The average Bonchev–Trinajstić information content (AvgIpc) is 3.10. The van der Waals surface area contributed by atoms with E-state index >= 15 is 0 Å². The average molecular weight is 333 g/mol. The summed E-state index contributed by atoms with van der Waals surface area (Å²) < 4.78 is 1.86. The van der Waals surface area contributed by atoms with Crippen LogP contribution in [0.1, 0.15) is 32.6 Å². The maximum absolute atomic E-state index is 12.7. The predicted molar refractivity (Wildman–Crippen MR) is 99.5 cm³/mol. The smallest absolute Gasteiger partial charge is 0.253 e. The van der Waals surface area contributed by atoms with Gasteiger partial charge in [0.25, 0.3) is 5.91 Å². The maximum Gasteiger partial charge on any atom is 0.253 e. The number of amides is 1. The number of hydrogen-bond donors (Lipinski definition) is 0. The molecule has 0 bridgehead atoms. The fourth-order valence-electron chi connectivity index (χ4n) is 2.90. The molecule has 0 radical (unpaired) electrons. The zero-order valence-electron chi connectivity index (χ0n) is 14.9. The summed E-state index contributed by atoms with van der Waals surface area (Å²) in [6, 6.07) is 16.0. The monoisotopic (exact) mass is 333 g/mol. The van der Waals surface area contributed by atoms with Gasteiger partial charge in [0.05, 0.1) is 6.54 Å². The molecular weight excluding hydrogens is 310 g/mol. The maximum atomic E-state index is 12.7. The highest BCUT2D eigenvalue weighted by atomic mass is 16.2. The number of carbonyl (C=O) groups excluding carboxylic acids is 1. The second kappa shape index (κ2) is 7.34. The van der Waals surface area contributed by atoms with Gasteiger partial charge in [0.2, 0.25) is 0 Å². The van der Waals surface area contributed by atoms with E-state index in [2.05, 4.69) is 37.1 Å². The van der Waals surface area contributed by atoms with Crippen molar-refractivity contribution >= 4 is 5.91 Å². The summed E-state index contributed by atoms with van der Waals surface area (Å²) in [7, 11) is 1.85. The Hall–Kier alpha value is -2.88. The van der Waals surface area contributed by atoms with E-state index in [1.807, 2.05) is 48.3 Å². The lowest BCUT2D eigenvalue weighted by molar-refractivity contribution is 0.0785. The fraction of sp³-hybridized carbons (Fsp3) is 0.238. The highest BCUT2D eigenvalue weighted by Gasteiger charge is 2.13. The minimum Gasteiger partial charge on any atom is -0.337 e. The first kappa shape index (κ1) is 17.0. The largest absolute Gasteiger partial charge is 0.337 e. The van der Waals surface area contributed by atoms with E-state index in [-0.39, 0.29) is 5.91 Å². The molecule has 2 aromatic carbocycles. The van der Waals surface area contributed by atoms with Crippen LogP contribution in [0.15, 0.2) is 60.9 Å². The third kappa shape index (κ3) is 4.15. The Morgan fingerprint density at radius 1 is 1.12 bits per heavy atom. The number of benzene rings is 2. The molecule has 0 unspecified atom stereocenters. The molecule has 0 aliphatic heterocycles. The van der Waals surface area contributed by atoms with Crippen molar-refractivity contribution in [2.24, 2.45) is 0 Å². The third-order valence-electron chi connectivity index (χ3n) is 4.36. The molecule has 4 heteroatoms. The molecule has 1 aromatic heterocycles. The number of aryl methyl sites for hydroxylation is 2. The van der Waals surface area contributed by atoms with Crippen LogP contribution in [0, 0.1) is 13.8 Å². The molecule has 128 valence electrons. The van der Waals surface area contributed by atoms with Crippen LogP contribution in [0.3, 0.4) is 0 Å². The van der Waals surface area contributed by atoms with Gasteiger partial charge >= 0.3 is 0 Å². The summed E-state index contributed by atoms with van der Waals surface area (Å²) in [6.45, 7) is 5.49. The quantitative estimate of drug-likeness (QED) is 0.712. The van der Waals surface area contributed by atoms with E-state index < -0.39 is 0 Å². The van der Waals surface area contributed by atoms with Crippen LogP contribution in [-0.4, -0.2) is 27.6 Å². The van der Waals surface area contributed by atoms with Crippen molar-refractivity contribution in [2.75, 3.05) is 7.05 Å². The summed E-state index contributed by atoms with van der Waals surface area (Å²) >= 11 is 0. The number of carbonyl (C=O) groups is 1. The first-order chi connectivity index (χ1) is 12.0. The SMILES string of the molecule is Cc1ccc(CN(C)C(=O)c2ccc(Cn3cccn3)cc2)c(C)c1. The Balaban J connectivity index is 1.67. The van der Waals surface area contributed by atoms with Crippen LogP contribution in [0.25, 0.3) is 0 Å². The van der Waals surface area contributed by atoms with Gasteiger partial charge in [-0.2, -0.15) is 5.10 Å². The van der Waals surface area contributed by atoms with Gasteiger partial charge in [0, 0.05) is 31.5 Å². The second-order valence-corrected chi connectivity index (χ2v) is 6.49. The van der Waals surface area contributed by atoms with E-state index in [0.29, 0.717) is 18.7 Å². The molecule has 0 atom stereocenters. The Kier molecular flexibility index (Phi) is 4.98. The van der Waals surface area contributed by atoms with Crippen LogP contribution in [-0.2, 0) is 13.1 Å². The van der Waals surface area contributed by atoms with Gasteiger partial charge in [-0.3, -0.25) is 9.48 Å². The highest BCUT2D eigenvalue weighted by molar-refractivity contribution is 5.94. The lowest BCUT2D eigenvalue weighted by atomic mass is 10.0. The van der Waals surface area contributed by atoms with Gasteiger partial charge in [-0.15, -0.1) is 0 Å². The van der Waals surface area contributed by atoms with Crippen molar-refractivity contribution in [3.05, 3.63) is 88.7 Å². The zero-order chi connectivity index (χ0) is 17.8. The molecule has 3 rings (SSSR count). The van der Waals surface area contributed by atoms with Crippen LogP contribution in [0.4, 0.5) is 0 Å². The summed E-state index contributed by atoms with van der Waals surface area (Å²) in [5.41, 5.74) is 5.46. The van der Waals surface area contributed by atoms with Gasteiger partial charge in [0.1, 0.15) is 0 Å². The molecule has 1 heterocycles. The standard InChI is InChI=1S/C21H23N3O/c1-16-5-8-20(17(2)13-16)15-23(3)21(25)19-9-6-18(7-10-19)14-24-12-4-11-22-24/h4-13H,14-15H2,1-3H3. The van der Waals surface area contributed by atoms with E-state index in [1.165, 1.54) is 16.7 Å². The normalized spacial score (nSPS) is 10.7. The number of hydrogen-bond acceptors (Lipinski definition) is 2. The molecular formula is C21H23N3O. The van der Waals surface area contributed by atoms with E-state index in [0.717, 1.165) is 5.56 Å². The van der Waals surface area contributed by atoms with Crippen molar-refractivity contribution in [1.29, 1.82) is 0 Å². The lowest BCUT2D eigenvalue weighted by Gasteiger charge is -2.19. The van der Waals surface area contributed by atoms with Gasteiger partial charge in [-0.05, 0) is 48.7 Å². The summed E-state index contributed by atoms with van der Waals surface area (Å²) in [5, 5.41) is 4.20. The molecule has 0 N–H and O–H groups in total. The zero-order valence-corrected chi connectivity index (χ0v) is 14.9. The molecule has 25 heavy (non-hydrogen) atoms. The number of nitrogens with zero attached hydrogens (tertiary/aromatic N) is 3. The Morgan fingerprint density at radius 3 is 2.52 bits per heavy atom. The van der Waals surface area contributed by atoms with E-state index in [4.69, 9.17) is 0 Å². The topological polar surface area (TPSA) is 38.1 Å². The van der Waals surface area contributed by atoms with Gasteiger partial charge in [-0.25, -0.2) is 0 Å². The number of rotatable bonds is 5. The molecule has 0 saturated carbocycles. The van der Waals surface area contributed by atoms with E-state index in [9.17, 15) is 4.79 Å². The molecule has 0 aliphatic rings. The predicted octanol–water partition coefficient (Wildman–Crippen LogP) is 3.82. The van der Waals surface area contributed by atoms with Crippen molar-refractivity contribution < 1.29 is 4.79 Å². The van der Waals surface area contributed by atoms with Crippen LogP contribution < -0.4 is 0 Å². The van der Waals surface area contributed by atoms with Gasteiger partial charge < -0.3 is 4.90 Å². The van der Waals surface area contributed by atoms with Gasteiger partial charge in [-0.1, -0.05) is 35.9 Å². The van der Waals surface area contributed by atoms with Crippen molar-refractivity contribution in [2.45, 2.75) is 26.9 Å². The van der Waals surface area contributed by atoms with E-state index in [1.54, 1.807) is 11.1 Å². The van der Waals surface area contributed by atoms with Gasteiger partial charge in [0.15, 0.2) is 0 Å². The first-order valence-corrected chi connectivity index (χ1v) is 8.41. The Bertz CT molecular complexity index is 851. The summed E-state index contributed by atoms with van der Waals surface area (Å²) in [5.74, 6) is 0.0330. The van der Waals surface area contributed by atoms with Crippen molar-refractivity contribution in [3.8, 4) is 0 Å². The highest BCUT2D eigenvalue weighted by Crippen LogP contribution is 2.15. The minimum atomic E-state index is 0.0330. The minimum absolute atomic E-state index is 0.0330. The first-order valence-electron chi connectivity index (χ1n) is 8.41. The molecule has 0 spiro atoms. The number of aromatic nitrogens is 2. The van der Waals surface area contributed by atoms with Crippen LogP contribution in [0.5, 0.6) is 0 Å². The molecule has 3 aromatic rings. The third-order valence-corrected chi connectivity index (χ3v) is 4.36. The Labute approximate surface area is 148 Å². The molecule has 0 saturated heterocycles. The van der Waals surface area contributed by atoms with Crippen LogP contribution >= 0.6 is 0 Å². The second-order valence-electron chi connectivity index (χ2n) is 6.49. The Morgan fingerprint density at radius 2 is 1.88 bits per heavy atom. The molecule has 0 aliphatic carbocycles. The molecule has 0 fully saturated rings.